The predicted octanol–water partition coefficient (Wildman–Crippen LogP) is 4.16. The molecule has 37 heavy (non-hydrogen) atoms. The number of amides is 2. The zero-order chi connectivity index (χ0) is 26.0. The van der Waals surface area contributed by atoms with Crippen molar-refractivity contribution in [2.24, 2.45) is 0 Å². The fourth-order valence-corrected chi connectivity index (χ4v) is 5.59. The lowest BCUT2D eigenvalue weighted by atomic mass is 9.96. The molecule has 0 aromatic carbocycles. The first-order chi connectivity index (χ1) is 17.6. The summed E-state index contributed by atoms with van der Waals surface area (Å²) in [5.74, 6) is 0.436. The number of fused-ring (bicyclic) bond motifs is 1. The van der Waals surface area contributed by atoms with E-state index in [4.69, 9.17) is 4.74 Å². The zero-order valence-corrected chi connectivity index (χ0v) is 20.7. The van der Waals surface area contributed by atoms with Crippen LogP contribution in [0.3, 0.4) is 0 Å². The molecular weight excluding hydrogens is 489 g/mol. The van der Waals surface area contributed by atoms with E-state index >= 15 is 0 Å². The number of carbonyl (C=O) groups is 1. The van der Waals surface area contributed by atoms with E-state index in [-0.39, 0.29) is 17.2 Å². The summed E-state index contributed by atoms with van der Waals surface area (Å²) >= 11 is 0. The first kappa shape index (κ1) is 24.0. The number of carbonyl (C=O) groups excluding carboxylic acids is 1. The molecule has 0 bridgehead atoms. The monoisotopic (exact) mass is 518 g/mol. The Kier molecular flexibility index (Phi) is 5.41. The highest BCUT2D eigenvalue weighted by atomic mass is 19.4. The van der Waals surface area contributed by atoms with Gasteiger partial charge < -0.3 is 19.9 Å². The van der Waals surface area contributed by atoms with Crippen LogP contribution >= 0.6 is 0 Å². The summed E-state index contributed by atoms with van der Waals surface area (Å²) in [7, 11) is 1.61. The largest absolute Gasteiger partial charge is 0.408 e. The maximum Gasteiger partial charge on any atom is 0.408 e. The van der Waals surface area contributed by atoms with Gasteiger partial charge in [-0.05, 0) is 45.1 Å². The van der Waals surface area contributed by atoms with Crippen LogP contribution in [0.1, 0.15) is 39.0 Å². The van der Waals surface area contributed by atoms with Gasteiger partial charge >= 0.3 is 12.2 Å². The zero-order valence-electron chi connectivity index (χ0n) is 20.7. The van der Waals surface area contributed by atoms with E-state index in [0.717, 1.165) is 36.8 Å². The Balaban J connectivity index is 1.31. The van der Waals surface area contributed by atoms with Gasteiger partial charge in [0.25, 0.3) is 0 Å². The number of methoxy groups -OCH3 is 1. The quantitative estimate of drug-likeness (QED) is 0.526. The van der Waals surface area contributed by atoms with Crippen molar-refractivity contribution < 1.29 is 22.7 Å². The van der Waals surface area contributed by atoms with E-state index in [1.165, 1.54) is 12.4 Å². The summed E-state index contributed by atoms with van der Waals surface area (Å²) in [5, 5.41) is 14.7. The van der Waals surface area contributed by atoms with E-state index in [9.17, 15) is 18.0 Å². The summed E-state index contributed by atoms with van der Waals surface area (Å²) in [6.07, 6.45) is 3.72. The SMILES string of the molecule is COC1(C)CN(c2nn(CC(F)(F)F)c3cc(-c4[nH]ncc4NC(=O)N4CCCCC45CC5)ncc23)C1. The van der Waals surface area contributed by atoms with E-state index in [1.807, 2.05) is 16.7 Å². The van der Waals surface area contributed by atoms with Crippen molar-refractivity contribution in [2.45, 2.75) is 62.9 Å². The number of urea groups is 1. The molecule has 1 spiro atoms. The number of pyridine rings is 1. The number of anilines is 2. The van der Waals surface area contributed by atoms with Crippen LogP contribution in [0.4, 0.5) is 29.5 Å². The van der Waals surface area contributed by atoms with Gasteiger partial charge in [0, 0.05) is 25.4 Å². The molecule has 3 aliphatic rings. The summed E-state index contributed by atoms with van der Waals surface area (Å²) in [5.41, 5.74) is 1.11. The van der Waals surface area contributed by atoms with Gasteiger partial charge in [0.1, 0.15) is 12.2 Å². The Morgan fingerprint density at radius 1 is 1.22 bits per heavy atom. The Bertz CT molecular complexity index is 1340. The van der Waals surface area contributed by atoms with E-state index in [2.05, 4.69) is 25.6 Å². The minimum Gasteiger partial charge on any atom is -0.375 e. The fraction of sp³-hybridized carbons (Fsp3) is 0.583. The fourth-order valence-electron chi connectivity index (χ4n) is 5.59. The van der Waals surface area contributed by atoms with Crippen molar-refractivity contribution in [3.8, 4) is 11.4 Å². The number of alkyl halides is 3. The summed E-state index contributed by atoms with van der Waals surface area (Å²) in [6, 6.07) is 1.36. The summed E-state index contributed by atoms with van der Waals surface area (Å²) in [4.78, 5) is 21.4. The maximum atomic E-state index is 13.4. The highest BCUT2D eigenvalue weighted by Crippen LogP contribution is 2.48. The number of hydrogen-bond acceptors (Lipinski definition) is 6. The minimum absolute atomic E-state index is 0.0281. The number of aromatic nitrogens is 5. The lowest BCUT2D eigenvalue weighted by Crippen LogP contribution is -2.61. The number of ether oxygens (including phenoxy) is 1. The van der Waals surface area contributed by atoms with E-state index < -0.39 is 12.7 Å². The van der Waals surface area contributed by atoms with Crippen LogP contribution in [-0.2, 0) is 11.3 Å². The van der Waals surface area contributed by atoms with Gasteiger partial charge in [0.05, 0.1) is 47.2 Å². The molecule has 198 valence electrons. The molecule has 1 aliphatic carbocycles. The number of aromatic amines is 1. The lowest BCUT2D eigenvalue weighted by molar-refractivity contribution is -0.141. The second kappa shape index (κ2) is 8.33. The smallest absolute Gasteiger partial charge is 0.375 e. The molecule has 2 N–H and O–H groups in total. The Labute approximate surface area is 211 Å². The van der Waals surface area contributed by atoms with Gasteiger partial charge in [-0.2, -0.15) is 23.4 Å². The number of halogens is 3. The Morgan fingerprint density at radius 2 is 2.00 bits per heavy atom. The van der Waals surface area contributed by atoms with Crippen LogP contribution in [0.25, 0.3) is 22.3 Å². The number of H-pyrrole nitrogens is 1. The molecule has 10 nitrogen and oxygen atoms in total. The lowest BCUT2D eigenvalue weighted by Gasteiger charge is -2.47. The Hall–Kier alpha value is -3.35. The molecular formula is C24H29F3N8O2. The molecule has 6 rings (SSSR count). The molecule has 3 fully saturated rings. The highest BCUT2D eigenvalue weighted by molar-refractivity contribution is 5.96. The summed E-state index contributed by atoms with van der Waals surface area (Å²) in [6.45, 7) is 2.45. The van der Waals surface area contributed by atoms with Gasteiger partial charge in [0.2, 0.25) is 0 Å². The number of nitrogens with zero attached hydrogens (tertiary/aromatic N) is 6. The van der Waals surface area contributed by atoms with Gasteiger partial charge in [-0.1, -0.05) is 0 Å². The normalized spacial score (nSPS) is 20.4. The van der Waals surface area contributed by atoms with E-state index in [1.54, 1.807) is 13.2 Å². The second-order valence-corrected chi connectivity index (χ2v) is 10.6. The predicted molar refractivity (Wildman–Crippen MR) is 130 cm³/mol. The molecule has 13 heteroatoms. The third kappa shape index (κ3) is 4.28. The second-order valence-electron chi connectivity index (χ2n) is 10.6. The van der Waals surface area contributed by atoms with Crippen molar-refractivity contribution >= 4 is 28.4 Å². The molecule has 2 saturated heterocycles. The number of nitrogens with one attached hydrogen (secondary N) is 2. The van der Waals surface area contributed by atoms with Crippen molar-refractivity contribution in [3.63, 3.8) is 0 Å². The first-order valence-electron chi connectivity index (χ1n) is 12.5. The average molecular weight is 519 g/mol. The number of piperidine rings is 1. The van der Waals surface area contributed by atoms with Gasteiger partial charge in [-0.15, -0.1) is 0 Å². The number of likely N-dealkylation sites (tertiary alicyclic amines) is 1. The van der Waals surface area contributed by atoms with Crippen LogP contribution in [0.5, 0.6) is 0 Å². The first-order valence-corrected chi connectivity index (χ1v) is 12.5. The van der Waals surface area contributed by atoms with Crippen LogP contribution in [0, 0.1) is 0 Å². The number of hydrogen-bond donors (Lipinski definition) is 2. The van der Waals surface area contributed by atoms with Crippen molar-refractivity contribution in [2.75, 3.05) is 37.0 Å². The molecule has 3 aromatic rings. The van der Waals surface area contributed by atoms with Crippen molar-refractivity contribution in [1.82, 2.24) is 29.9 Å². The summed E-state index contributed by atoms with van der Waals surface area (Å²) < 4.78 is 46.6. The topological polar surface area (TPSA) is 104 Å². The Morgan fingerprint density at radius 3 is 2.70 bits per heavy atom. The standard InChI is InChI=1S/C24H29F3N8O2/c1-22(37-2)12-33(13-22)20-15-10-28-16(9-18(15)35(32-20)14-24(25,26)27)19-17(11-29-31-19)30-21(36)34-8-4-3-5-23(34)6-7-23/h9-11H,3-8,12-14H2,1-2H3,(H,29,31)(H,30,36). The molecule has 5 heterocycles. The molecule has 0 unspecified atom stereocenters. The molecule has 0 atom stereocenters. The number of rotatable bonds is 5. The highest BCUT2D eigenvalue weighted by Gasteiger charge is 2.51. The van der Waals surface area contributed by atoms with Gasteiger partial charge in [-0.25, -0.2) is 4.79 Å². The molecule has 1 saturated carbocycles. The van der Waals surface area contributed by atoms with Crippen LogP contribution in [0.2, 0.25) is 0 Å². The maximum absolute atomic E-state index is 13.4. The third-order valence-corrected chi connectivity index (χ3v) is 7.84. The molecule has 2 aliphatic heterocycles. The van der Waals surface area contributed by atoms with Crippen LogP contribution in [0.15, 0.2) is 18.5 Å². The van der Waals surface area contributed by atoms with Crippen LogP contribution < -0.4 is 10.2 Å². The molecule has 0 radical (unpaired) electrons. The molecule has 2 amide bonds. The van der Waals surface area contributed by atoms with Crippen LogP contribution in [-0.4, -0.2) is 80.0 Å². The minimum atomic E-state index is -4.45. The molecule has 3 aromatic heterocycles. The van der Waals surface area contributed by atoms with Crippen molar-refractivity contribution in [3.05, 3.63) is 18.5 Å². The third-order valence-electron chi connectivity index (χ3n) is 7.84. The van der Waals surface area contributed by atoms with Gasteiger partial charge in [-0.3, -0.25) is 14.8 Å². The van der Waals surface area contributed by atoms with E-state index in [0.29, 0.717) is 53.4 Å². The average Bonchev–Trinajstić information content (AvgIpc) is 3.29. The van der Waals surface area contributed by atoms with Gasteiger partial charge in [0.15, 0.2) is 5.82 Å². The van der Waals surface area contributed by atoms with Crippen molar-refractivity contribution in [1.29, 1.82) is 0 Å².